The molecule has 0 aliphatic carbocycles. The Morgan fingerprint density at radius 1 is 0.909 bits per heavy atom. The minimum Gasteiger partial charge on any atom is -0.326 e. The molecule has 2 amide bonds. The van der Waals surface area contributed by atoms with Crippen LogP contribution in [0.25, 0.3) is 17.1 Å². The van der Waals surface area contributed by atoms with Gasteiger partial charge in [-0.25, -0.2) is 4.39 Å². The van der Waals surface area contributed by atoms with Crippen molar-refractivity contribution < 1.29 is 14.0 Å². The smallest absolute Gasteiger partial charge is 0.234 e. The van der Waals surface area contributed by atoms with Gasteiger partial charge in [-0.05, 0) is 42.5 Å². The first kappa shape index (κ1) is 22.2. The first-order chi connectivity index (χ1) is 16.0. The largest absolute Gasteiger partial charge is 0.326 e. The zero-order valence-corrected chi connectivity index (χ0v) is 18.5. The molecule has 1 heterocycles. The standard InChI is InChI=1S/C24H20FN5O2S/c1-16(31)26-17-8-7-9-18(14-17)27-22(32)15-33-24-29-28-23(20-12-5-6-13-21(20)25)30(24)19-10-3-2-4-11-19/h2-14H,15H2,1H3,(H,26,31)(H,27,32). The highest BCUT2D eigenvalue weighted by molar-refractivity contribution is 7.99. The van der Waals surface area contributed by atoms with Gasteiger partial charge in [0.2, 0.25) is 11.8 Å². The Kier molecular flexibility index (Phi) is 6.80. The lowest BCUT2D eigenvalue weighted by Crippen LogP contribution is -2.15. The minimum absolute atomic E-state index is 0.0621. The normalized spacial score (nSPS) is 10.6. The number of halogens is 1. The molecule has 0 saturated carbocycles. The molecule has 4 aromatic rings. The van der Waals surface area contributed by atoms with Crippen molar-refractivity contribution in [1.29, 1.82) is 0 Å². The van der Waals surface area contributed by atoms with Gasteiger partial charge >= 0.3 is 0 Å². The van der Waals surface area contributed by atoms with Crippen LogP contribution in [0.1, 0.15) is 6.92 Å². The Balaban J connectivity index is 1.55. The van der Waals surface area contributed by atoms with Crippen LogP contribution < -0.4 is 10.6 Å². The maximum Gasteiger partial charge on any atom is 0.234 e. The summed E-state index contributed by atoms with van der Waals surface area (Å²) < 4.78 is 16.2. The van der Waals surface area contributed by atoms with Crippen molar-refractivity contribution in [2.24, 2.45) is 0 Å². The Morgan fingerprint density at radius 3 is 2.33 bits per heavy atom. The van der Waals surface area contributed by atoms with Crippen molar-refractivity contribution in [3.05, 3.63) is 84.7 Å². The van der Waals surface area contributed by atoms with E-state index in [0.717, 1.165) is 5.69 Å². The Bertz CT molecular complexity index is 1290. The van der Waals surface area contributed by atoms with Gasteiger partial charge in [-0.15, -0.1) is 10.2 Å². The number of anilines is 2. The third-order valence-electron chi connectivity index (χ3n) is 4.56. The number of nitrogens with one attached hydrogen (secondary N) is 2. The maximum absolute atomic E-state index is 14.5. The predicted molar refractivity (Wildman–Crippen MR) is 127 cm³/mol. The maximum atomic E-state index is 14.5. The van der Waals surface area contributed by atoms with Crippen LogP contribution in [0.3, 0.4) is 0 Å². The van der Waals surface area contributed by atoms with Gasteiger partial charge in [-0.2, -0.15) is 0 Å². The average molecular weight is 462 g/mol. The third-order valence-corrected chi connectivity index (χ3v) is 5.49. The van der Waals surface area contributed by atoms with Crippen LogP contribution in [0, 0.1) is 5.82 Å². The fraction of sp³-hybridized carbons (Fsp3) is 0.0833. The summed E-state index contributed by atoms with van der Waals surface area (Å²) in [6.07, 6.45) is 0. The molecule has 0 bridgehead atoms. The predicted octanol–water partition coefficient (Wildman–Crippen LogP) is 4.76. The molecule has 9 heteroatoms. The zero-order valence-electron chi connectivity index (χ0n) is 17.7. The van der Waals surface area contributed by atoms with E-state index in [4.69, 9.17) is 0 Å². The number of amides is 2. The van der Waals surface area contributed by atoms with Crippen molar-refractivity contribution in [1.82, 2.24) is 14.8 Å². The molecule has 2 N–H and O–H groups in total. The molecule has 0 unspecified atom stereocenters. The molecule has 3 aromatic carbocycles. The number of aromatic nitrogens is 3. The van der Waals surface area contributed by atoms with Crippen LogP contribution in [0.5, 0.6) is 0 Å². The van der Waals surface area contributed by atoms with E-state index in [1.165, 1.54) is 24.8 Å². The summed E-state index contributed by atoms with van der Waals surface area (Å²) in [4.78, 5) is 23.8. The van der Waals surface area contributed by atoms with E-state index in [-0.39, 0.29) is 17.6 Å². The quantitative estimate of drug-likeness (QED) is 0.387. The molecule has 0 aliphatic heterocycles. The molecule has 1 aromatic heterocycles. The lowest BCUT2D eigenvalue weighted by molar-refractivity contribution is -0.114. The lowest BCUT2D eigenvalue weighted by Gasteiger charge is -2.11. The summed E-state index contributed by atoms with van der Waals surface area (Å²) in [7, 11) is 0. The highest BCUT2D eigenvalue weighted by Crippen LogP contribution is 2.29. The monoisotopic (exact) mass is 461 g/mol. The van der Waals surface area contributed by atoms with Gasteiger partial charge in [-0.3, -0.25) is 14.2 Å². The van der Waals surface area contributed by atoms with Crippen LogP contribution in [0.4, 0.5) is 15.8 Å². The molecule has 0 saturated heterocycles. The van der Waals surface area contributed by atoms with Gasteiger partial charge in [0.1, 0.15) is 5.82 Å². The second-order valence-corrected chi connectivity index (χ2v) is 8.00. The summed E-state index contributed by atoms with van der Waals surface area (Å²) in [6, 6.07) is 22.6. The number of hydrogen-bond acceptors (Lipinski definition) is 5. The molecule has 7 nitrogen and oxygen atoms in total. The molecule has 0 atom stereocenters. The van der Waals surface area contributed by atoms with E-state index >= 15 is 0 Å². The number of nitrogens with zero attached hydrogens (tertiary/aromatic N) is 3. The number of hydrogen-bond donors (Lipinski definition) is 2. The van der Waals surface area contributed by atoms with Crippen LogP contribution in [-0.2, 0) is 9.59 Å². The van der Waals surface area contributed by atoms with Crippen molar-refractivity contribution >= 4 is 35.0 Å². The van der Waals surface area contributed by atoms with E-state index in [1.54, 1.807) is 47.0 Å². The van der Waals surface area contributed by atoms with E-state index in [0.29, 0.717) is 27.9 Å². The number of carbonyl (C=O) groups is 2. The van der Waals surface area contributed by atoms with E-state index in [9.17, 15) is 14.0 Å². The second kappa shape index (κ2) is 10.1. The molecule has 0 spiro atoms. The summed E-state index contributed by atoms with van der Waals surface area (Å²) in [5, 5.41) is 14.4. The van der Waals surface area contributed by atoms with Gasteiger partial charge < -0.3 is 10.6 Å². The molecular formula is C24H20FN5O2S. The number of para-hydroxylation sites is 1. The van der Waals surface area contributed by atoms with Crippen molar-refractivity contribution in [3.63, 3.8) is 0 Å². The molecule has 0 aliphatic rings. The molecule has 33 heavy (non-hydrogen) atoms. The number of benzene rings is 3. The topological polar surface area (TPSA) is 88.9 Å². The number of carbonyl (C=O) groups excluding carboxylic acids is 2. The van der Waals surface area contributed by atoms with E-state index in [1.807, 2.05) is 30.3 Å². The van der Waals surface area contributed by atoms with E-state index < -0.39 is 5.82 Å². The van der Waals surface area contributed by atoms with Crippen molar-refractivity contribution in [2.75, 3.05) is 16.4 Å². The first-order valence-corrected chi connectivity index (χ1v) is 11.1. The molecular weight excluding hydrogens is 441 g/mol. The van der Waals surface area contributed by atoms with Gasteiger partial charge in [0.25, 0.3) is 0 Å². The summed E-state index contributed by atoms with van der Waals surface area (Å²) >= 11 is 1.19. The van der Waals surface area contributed by atoms with Crippen LogP contribution >= 0.6 is 11.8 Å². The first-order valence-electron chi connectivity index (χ1n) is 10.1. The van der Waals surface area contributed by atoms with Gasteiger partial charge in [-0.1, -0.05) is 48.2 Å². The fourth-order valence-electron chi connectivity index (χ4n) is 3.20. The van der Waals surface area contributed by atoms with Crippen molar-refractivity contribution in [2.45, 2.75) is 12.1 Å². The Labute approximate surface area is 194 Å². The Hall–Kier alpha value is -3.98. The third kappa shape index (κ3) is 5.45. The Morgan fingerprint density at radius 2 is 1.61 bits per heavy atom. The highest BCUT2D eigenvalue weighted by atomic mass is 32.2. The summed E-state index contributed by atoms with van der Waals surface area (Å²) in [5.41, 5.74) is 2.22. The molecule has 0 radical (unpaired) electrons. The highest BCUT2D eigenvalue weighted by Gasteiger charge is 2.19. The summed E-state index contributed by atoms with van der Waals surface area (Å²) in [6.45, 7) is 1.42. The second-order valence-electron chi connectivity index (χ2n) is 7.06. The molecule has 166 valence electrons. The van der Waals surface area contributed by atoms with Gasteiger partial charge in [0.05, 0.1) is 11.3 Å². The van der Waals surface area contributed by atoms with E-state index in [2.05, 4.69) is 20.8 Å². The average Bonchev–Trinajstić information content (AvgIpc) is 3.22. The lowest BCUT2D eigenvalue weighted by atomic mass is 10.2. The number of thioether (sulfide) groups is 1. The summed E-state index contributed by atoms with van der Waals surface area (Å²) in [5.74, 6) is -0.442. The zero-order chi connectivity index (χ0) is 23.2. The SMILES string of the molecule is CC(=O)Nc1cccc(NC(=O)CSc2nnc(-c3ccccc3F)n2-c2ccccc2)c1. The van der Waals surface area contributed by atoms with Gasteiger partial charge in [0.15, 0.2) is 11.0 Å². The van der Waals surface area contributed by atoms with Crippen molar-refractivity contribution in [3.8, 4) is 17.1 Å². The molecule has 0 fully saturated rings. The molecule has 4 rings (SSSR count). The van der Waals surface area contributed by atoms with Gasteiger partial charge in [0, 0.05) is 24.0 Å². The fourth-order valence-corrected chi connectivity index (χ4v) is 3.95. The van der Waals surface area contributed by atoms with Crippen LogP contribution in [0.15, 0.2) is 84.0 Å². The number of rotatable bonds is 7. The minimum atomic E-state index is -0.407. The van der Waals surface area contributed by atoms with Crippen LogP contribution in [-0.4, -0.2) is 32.3 Å². The van der Waals surface area contributed by atoms with Crippen LogP contribution in [0.2, 0.25) is 0 Å².